The van der Waals surface area contributed by atoms with Gasteiger partial charge in [0.05, 0.1) is 0 Å². The van der Waals surface area contributed by atoms with Crippen LogP contribution in [0.4, 0.5) is 0 Å². The van der Waals surface area contributed by atoms with Crippen LogP contribution < -0.4 is 5.32 Å². The van der Waals surface area contributed by atoms with Crippen molar-refractivity contribution in [1.29, 1.82) is 0 Å². The molecule has 1 fully saturated rings. The lowest BCUT2D eigenvalue weighted by atomic mass is 9.92. The lowest BCUT2D eigenvalue weighted by Gasteiger charge is -2.37. The molecule has 0 bridgehead atoms. The Labute approximate surface area is 108 Å². The molecule has 1 heterocycles. The van der Waals surface area contributed by atoms with E-state index in [0.717, 1.165) is 13.1 Å². The first-order valence-electron chi connectivity index (χ1n) is 7.02. The molecule has 3 nitrogen and oxygen atoms in total. The molecular weight excluding hydrogens is 210 g/mol. The van der Waals surface area contributed by atoms with E-state index >= 15 is 0 Å². The summed E-state index contributed by atoms with van der Waals surface area (Å²) in [5, 5.41) is 3.56. The van der Waals surface area contributed by atoms with Crippen LogP contribution in [0.15, 0.2) is 0 Å². The Bertz CT molecular complexity index is 210. The molecule has 1 unspecified atom stereocenters. The van der Waals surface area contributed by atoms with Gasteiger partial charge in [0.2, 0.25) is 0 Å². The number of nitrogens with one attached hydrogen (secondary N) is 1. The molecule has 1 saturated heterocycles. The minimum absolute atomic E-state index is 0.454. The highest BCUT2D eigenvalue weighted by molar-refractivity contribution is 4.77. The second-order valence-electron chi connectivity index (χ2n) is 6.69. The molecule has 0 spiro atoms. The van der Waals surface area contributed by atoms with E-state index in [1.165, 1.54) is 32.6 Å². The third-order valence-corrected chi connectivity index (χ3v) is 3.70. The van der Waals surface area contributed by atoms with Gasteiger partial charge in [-0.15, -0.1) is 0 Å². The Kier molecular flexibility index (Phi) is 5.90. The SMILES string of the molecule is CC1CN(CCNCCC(C)(C)C)CCN1C. The van der Waals surface area contributed by atoms with E-state index in [-0.39, 0.29) is 0 Å². The first-order chi connectivity index (χ1) is 7.88. The fraction of sp³-hybridized carbons (Fsp3) is 1.00. The molecule has 0 aromatic heterocycles. The van der Waals surface area contributed by atoms with Gasteiger partial charge in [0.1, 0.15) is 0 Å². The van der Waals surface area contributed by atoms with Crippen molar-refractivity contribution >= 4 is 0 Å². The van der Waals surface area contributed by atoms with Crippen molar-refractivity contribution < 1.29 is 0 Å². The predicted molar refractivity (Wildman–Crippen MR) is 75.5 cm³/mol. The molecule has 0 aliphatic carbocycles. The molecule has 1 aliphatic heterocycles. The minimum Gasteiger partial charge on any atom is -0.315 e. The van der Waals surface area contributed by atoms with Gasteiger partial charge in [0.15, 0.2) is 0 Å². The maximum Gasteiger partial charge on any atom is 0.0192 e. The highest BCUT2D eigenvalue weighted by Gasteiger charge is 2.19. The van der Waals surface area contributed by atoms with Gasteiger partial charge in [-0.25, -0.2) is 0 Å². The van der Waals surface area contributed by atoms with Gasteiger partial charge >= 0.3 is 0 Å². The molecule has 1 N–H and O–H groups in total. The van der Waals surface area contributed by atoms with Crippen molar-refractivity contribution in [3.63, 3.8) is 0 Å². The van der Waals surface area contributed by atoms with Crippen molar-refractivity contribution in [3.05, 3.63) is 0 Å². The van der Waals surface area contributed by atoms with Crippen molar-refractivity contribution in [1.82, 2.24) is 15.1 Å². The second kappa shape index (κ2) is 6.72. The fourth-order valence-corrected chi connectivity index (χ4v) is 2.15. The Balaban J connectivity index is 2.04. The van der Waals surface area contributed by atoms with Crippen LogP contribution in [0.5, 0.6) is 0 Å². The van der Waals surface area contributed by atoms with E-state index in [0.29, 0.717) is 11.5 Å². The third kappa shape index (κ3) is 6.39. The van der Waals surface area contributed by atoms with Gasteiger partial charge in [-0.05, 0) is 32.4 Å². The topological polar surface area (TPSA) is 18.5 Å². The summed E-state index contributed by atoms with van der Waals surface area (Å²) in [7, 11) is 2.23. The van der Waals surface area contributed by atoms with Gasteiger partial charge in [-0.2, -0.15) is 0 Å². The Hall–Kier alpha value is -0.120. The molecule has 0 amide bonds. The smallest absolute Gasteiger partial charge is 0.0192 e. The van der Waals surface area contributed by atoms with Crippen molar-refractivity contribution in [2.24, 2.45) is 5.41 Å². The van der Waals surface area contributed by atoms with E-state index in [1.807, 2.05) is 0 Å². The maximum absolute atomic E-state index is 3.56. The average molecular weight is 241 g/mol. The normalized spacial score (nSPS) is 24.2. The molecule has 102 valence electrons. The molecule has 0 aromatic carbocycles. The minimum atomic E-state index is 0.454. The zero-order valence-corrected chi connectivity index (χ0v) is 12.4. The Morgan fingerprint density at radius 3 is 2.47 bits per heavy atom. The molecule has 0 saturated carbocycles. The highest BCUT2D eigenvalue weighted by atomic mass is 15.3. The Morgan fingerprint density at radius 1 is 1.18 bits per heavy atom. The number of hydrogen-bond acceptors (Lipinski definition) is 3. The van der Waals surface area contributed by atoms with Crippen LogP contribution in [-0.4, -0.2) is 62.2 Å². The van der Waals surface area contributed by atoms with Gasteiger partial charge in [0, 0.05) is 38.8 Å². The van der Waals surface area contributed by atoms with E-state index < -0.39 is 0 Å². The summed E-state index contributed by atoms with van der Waals surface area (Å²) in [5.74, 6) is 0. The van der Waals surface area contributed by atoms with Gasteiger partial charge < -0.3 is 10.2 Å². The summed E-state index contributed by atoms with van der Waals surface area (Å²) in [6, 6.07) is 0.707. The molecule has 17 heavy (non-hydrogen) atoms. The number of piperazine rings is 1. The first kappa shape index (κ1) is 14.9. The zero-order valence-electron chi connectivity index (χ0n) is 12.4. The summed E-state index contributed by atoms with van der Waals surface area (Å²) in [5.41, 5.74) is 0.454. The van der Waals surface area contributed by atoms with Crippen LogP contribution in [-0.2, 0) is 0 Å². The summed E-state index contributed by atoms with van der Waals surface area (Å²) < 4.78 is 0. The third-order valence-electron chi connectivity index (χ3n) is 3.70. The lowest BCUT2D eigenvalue weighted by molar-refractivity contribution is 0.106. The molecule has 3 heteroatoms. The van der Waals surface area contributed by atoms with E-state index in [9.17, 15) is 0 Å². The number of hydrogen-bond donors (Lipinski definition) is 1. The summed E-state index contributed by atoms with van der Waals surface area (Å²) >= 11 is 0. The summed E-state index contributed by atoms with van der Waals surface area (Å²) in [4.78, 5) is 5.03. The van der Waals surface area contributed by atoms with Crippen molar-refractivity contribution in [2.75, 3.05) is 46.3 Å². The first-order valence-corrected chi connectivity index (χ1v) is 7.02. The largest absolute Gasteiger partial charge is 0.315 e. The number of likely N-dealkylation sites (N-methyl/N-ethyl adjacent to an activating group) is 1. The van der Waals surface area contributed by atoms with E-state index in [2.05, 4.69) is 49.9 Å². The highest BCUT2D eigenvalue weighted by Crippen LogP contribution is 2.16. The van der Waals surface area contributed by atoms with Crippen LogP contribution in [0.1, 0.15) is 34.1 Å². The molecule has 1 atom stereocenters. The van der Waals surface area contributed by atoms with Crippen LogP contribution >= 0.6 is 0 Å². The van der Waals surface area contributed by atoms with Crippen LogP contribution in [0, 0.1) is 5.41 Å². The van der Waals surface area contributed by atoms with Crippen LogP contribution in [0.3, 0.4) is 0 Å². The molecule has 1 aliphatic rings. The lowest BCUT2D eigenvalue weighted by Crippen LogP contribution is -2.51. The summed E-state index contributed by atoms with van der Waals surface area (Å²) in [6.45, 7) is 16.4. The Morgan fingerprint density at radius 2 is 1.88 bits per heavy atom. The van der Waals surface area contributed by atoms with Gasteiger partial charge in [-0.3, -0.25) is 4.90 Å². The number of rotatable bonds is 5. The second-order valence-corrected chi connectivity index (χ2v) is 6.69. The molecule has 0 aromatic rings. The quantitative estimate of drug-likeness (QED) is 0.738. The zero-order chi connectivity index (χ0) is 12.9. The average Bonchev–Trinajstić information content (AvgIpc) is 2.21. The molecular formula is C14H31N3. The summed E-state index contributed by atoms with van der Waals surface area (Å²) in [6.07, 6.45) is 1.26. The predicted octanol–water partition coefficient (Wildman–Crippen LogP) is 1.65. The fourth-order valence-electron chi connectivity index (χ4n) is 2.15. The number of nitrogens with zero attached hydrogens (tertiary/aromatic N) is 2. The van der Waals surface area contributed by atoms with E-state index in [4.69, 9.17) is 0 Å². The van der Waals surface area contributed by atoms with Crippen molar-refractivity contribution in [2.45, 2.75) is 40.2 Å². The van der Waals surface area contributed by atoms with Crippen LogP contribution in [0.25, 0.3) is 0 Å². The van der Waals surface area contributed by atoms with Crippen LogP contribution in [0.2, 0.25) is 0 Å². The molecule has 0 radical (unpaired) electrons. The van der Waals surface area contributed by atoms with Crippen molar-refractivity contribution in [3.8, 4) is 0 Å². The monoisotopic (exact) mass is 241 g/mol. The van der Waals surface area contributed by atoms with E-state index in [1.54, 1.807) is 0 Å². The van der Waals surface area contributed by atoms with Gasteiger partial charge in [0.25, 0.3) is 0 Å². The standard InChI is InChI=1S/C14H31N3/c1-13-12-17(11-10-16(13)5)9-8-15-7-6-14(2,3)4/h13,15H,6-12H2,1-5H3. The molecule has 1 rings (SSSR count). The maximum atomic E-state index is 3.56. The van der Waals surface area contributed by atoms with Gasteiger partial charge in [-0.1, -0.05) is 20.8 Å².